The first kappa shape index (κ1) is 33.2. The van der Waals surface area contributed by atoms with E-state index in [1.165, 1.54) is 71.3 Å². The molecule has 0 N–H and O–H groups in total. The summed E-state index contributed by atoms with van der Waals surface area (Å²) in [6.07, 6.45) is 0. The predicted octanol–water partition coefficient (Wildman–Crippen LogP) is 14.6. The fourth-order valence-corrected chi connectivity index (χ4v) is 9.15. The molecule has 0 radical (unpaired) electrons. The minimum atomic E-state index is -0.120. The Labute approximate surface area is 332 Å². The zero-order chi connectivity index (χ0) is 38.1. The van der Waals surface area contributed by atoms with Crippen LogP contribution in [0.3, 0.4) is 0 Å². The highest BCUT2D eigenvalue weighted by Crippen LogP contribution is 2.49. The minimum absolute atomic E-state index is 0.120. The Morgan fingerprint density at radius 1 is 0.298 bits per heavy atom. The SMILES string of the molecule is CC1(C)c2ccccc2-c2ccc(-c3cc(-c4cccc(-c5cccc(-c6ccccc6)c5)c4)nc(-c4ccc5c6ccccc6c6ccccc6c5c4)n3)cc21. The largest absolute Gasteiger partial charge is 0.228 e. The Hall–Kier alpha value is -7.16. The number of fused-ring (bicyclic) bond motifs is 9. The molecular formula is C55H38N2. The van der Waals surface area contributed by atoms with Gasteiger partial charge >= 0.3 is 0 Å². The van der Waals surface area contributed by atoms with Gasteiger partial charge in [0.25, 0.3) is 0 Å². The van der Waals surface area contributed by atoms with E-state index in [-0.39, 0.29) is 5.41 Å². The van der Waals surface area contributed by atoms with Crippen molar-refractivity contribution in [2.75, 3.05) is 0 Å². The second kappa shape index (κ2) is 13.0. The first-order chi connectivity index (χ1) is 28.0. The van der Waals surface area contributed by atoms with Crippen LogP contribution in [0.5, 0.6) is 0 Å². The number of aromatic nitrogens is 2. The van der Waals surface area contributed by atoms with Crippen molar-refractivity contribution in [3.63, 3.8) is 0 Å². The Balaban J connectivity index is 1.10. The molecule has 10 aromatic rings. The lowest BCUT2D eigenvalue weighted by molar-refractivity contribution is 0.660. The molecule has 11 rings (SSSR count). The van der Waals surface area contributed by atoms with E-state index >= 15 is 0 Å². The summed E-state index contributed by atoms with van der Waals surface area (Å²) in [5, 5.41) is 7.44. The smallest absolute Gasteiger partial charge is 0.160 e. The molecule has 0 bridgehead atoms. The Morgan fingerprint density at radius 3 is 1.46 bits per heavy atom. The highest BCUT2D eigenvalue weighted by atomic mass is 14.9. The monoisotopic (exact) mass is 726 g/mol. The van der Waals surface area contributed by atoms with Gasteiger partial charge in [-0.2, -0.15) is 0 Å². The van der Waals surface area contributed by atoms with E-state index in [1.54, 1.807) is 0 Å². The van der Waals surface area contributed by atoms with Crippen molar-refractivity contribution in [2.24, 2.45) is 0 Å². The summed E-state index contributed by atoms with van der Waals surface area (Å²) in [7, 11) is 0. The molecule has 2 heteroatoms. The molecule has 2 nitrogen and oxygen atoms in total. The first-order valence-corrected chi connectivity index (χ1v) is 19.7. The molecule has 1 aliphatic rings. The van der Waals surface area contributed by atoms with Gasteiger partial charge in [-0.15, -0.1) is 0 Å². The third kappa shape index (κ3) is 5.48. The average molecular weight is 727 g/mol. The maximum absolute atomic E-state index is 5.39. The Kier molecular flexibility index (Phi) is 7.55. The second-order valence-electron chi connectivity index (χ2n) is 15.8. The molecule has 9 aromatic carbocycles. The number of nitrogens with zero attached hydrogens (tertiary/aromatic N) is 2. The zero-order valence-electron chi connectivity index (χ0n) is 31.9. The summed E-state index contributed by atoms with van der Waals surface area (Å²) < 4.78 is 0. The van der Waals surface area contributed by atoms with Crippen molar-refractivity contribution in [1.29, 1.82) is 0 Å². The Bertz CT molecular complexity index is 3180. The van der Waals surface area contributed by atoms with Crippen LogP contribution in [0.2, 0.25) is 0 Å². The maximum atomic E-state index is 5.39. The van der Waals surface area contributed by atoms with Crippen molar-refractivity contribution < 1.29 is 0 Å². The topological polar surface area (TPSA) is 25.8 Å². The lowest BCUT2D eigenvalue weighted by atomic mass is 9.82. The van der Waals surface area contributed by atoms with Gasteiger partial charge in [0.15, 0.2) is 5.82 Å². The van der Waals surface area contributed by atoms with Gasteiger partial charge in [-0.05, 0) is 107 Å². The molecule has 0 saturated carbocycles. The van der Waals surface area contributed by atoms with Crippen LogP contribution in [0.1, 0.15) is 25.0 Å². The third-order valence-electron chi connectivity index (χ3n) is 12.1. The van der Waals surface area contributed by atoms with Gasteiger partial charge in [0.2, 0.25) is 0 Å². The Morgan fingerprint density at radius 2 is 0.772 bits per heavy atom. The summed E-state index contributed by atoms with van der Waals surface area (Å²) in [6.45, 7) is 4.67. The van der Waals surface area contributed by atoms with E-state index in [0.29, 0.717) is 5.82 Å². The van der Waals surface area contributed by atoms with Crippen molar-refractivity contribution >= 4 is 32.3 Å². The van der Waals surface area contributed by atoms with Crippen LogP contribution >= 0.6 is 0 Å². The molecular weight excluding hydrogens is 689 g/mol. The summed E-state index contributed by atoms with van der Waals surface area (Å²) in [4.78, 5) is 10.8. The van der Waals surface area contributed by atoms with Gasteiger partial charge in [0.1, 0.15) is 0 Å². The second-order valence-corrected chi connectivity index (χ2v) is 15.8. The van der Waals surface area contributed by atoms with Crippen LogP contribution < -0.4 is 0 Å². The molecule has 0 atom stereocenters. The first-order valence-electron chi connectivity index (χ1n) is 19.7. The molecule has 1 heterocycles. The number of rotatable bonds is 5. The minimum Gasteiger partial charge on any atom is -0.228 e. The van der Waals surface area contributed by atoms with Gasteiger partial charge in [-0.25, -0.2) is 9.97 Å². The van der Waals surface area contributed by atoms with E-state index in [1.807, 2.05) is 0 Å². The summed E-state index contributed by atoms with van der Waals surface area (Å²) in [6, 6.07) is 70.2. The third-order valence-corrected chi connectivity index (χ3v) is 12.1. The summed E-state index contributed by atoms with van der Waals surface area (Å²) >= 11 is 0. The van der Waals surface area contributed by atoms with Crippen LogP contribution in [0.15, 0.2) is 194 Å². The molecule has 1 aromatic heterocycles. The molecule has 0 spiro atoms. The van der Waals surface area contributed by atoms with Gasteiger partial charge < -0.3 is 0 Å². The molecule has 0 saturated heterocycles. The van der Waals surface area contributed by atoms with Crippen molar-refractivity contribution in [2.45, 2.75) is 19.3 Å². The van der Waals surface area contributed by atoms with Gasteiger partial charge in [-0.1, -0.05) is 178 Å². The van der Waals surface area contributed by atoms with Crippen molar-refractivity contribution in [3.8, 4) is 67.3 Å². The predicted molar refractivity (Wildman–Crippen MR) is 239 cm³/mol. The molecule has 268 valence electrons. The molecule has 0 unspecified atom stereocenters. The molecule has 0 amide bonds. The van der Waals surface area contributed by atoms with Crippen LogP contribution in [-0.2, 0) is 5.41 Å². The lowest BCUT2D eigenvalue weighted by Gasteiger charge is -2.22. The average Bonchev–Trinajstić information content (AvgIpc) is 3.51. The van der Waals surface area contributed by atoms with Crippen LogP contribution in [0.25, 0.3) is 99.6 Å². The van der Waals surface area contributed by atoms with E-state index in [4.69, 9.17) is 9.97 Å². The highest BCUT2D eigenvalue weighted by Gasteiger charge is 2.35. The molecule has 0 fully saturated rings. The van der Waals surface area contributed by atoms with Gasteiger partial charge in [-0.3, -0.25) is 0 Å². The van der Waals surface area contributed by atoms with Gasteiger partial charge in [0.05, 0.1) is 11.4 Å². The molecule has 57 heavy (non-hydrogen) atoms. The standard InChI is InChI=1S/C55H38N2/c1-55(2)50-25-11-10-24-47(50)48-29-26-40(33-51(48)55)53-34-52(39-19-13-18-38(31-39)37-17-12-16-36(30-37)35-14-4-3-5-15-35)56-54(57-53)41-27-28-46-44-22-7-6-20-42(44)43-21-8-9-23-45(43)49(46)32-41/h3-34H,1-2H3. The fraction of sp³-hybridized carbons (Fsp3) is 0.0545. The zero-order valence-corrected chi connectivity index (χ0v) is 31.9. The quantitative estimate of drug-likeness (QED) is 0.165. The van der Waals surface area contributed by atoms with Gasteiger partial charge in [0, 0.05) is 22.1 Å². The maximum Gasteiger partial charge on any atom is 0.160 e. The van der Waals surface area contributed by atoms with E-state index in [9.17, 15) is 0 Å². The van der Waals surface area contributed by atoms with Crippen LogP contribution in [0.4, 0.5) is 0 Å². The summed E-state index contributed by atoms with van der Waals surface area (Å²) in [5.41, 5.74) is 14.8. The number of hydrogen-bond acceptors (Lipinski definition) is 2. The summed E-state index contributed by atoms with van der Waals surface area (Å²) in [5.74, 6) is 0.709. The van der Waals surface area contributed by atoms with Crippen molar-refractivity contribution in [3.05, 3.63) is 205 Å². The van der Waals surface area contributed by atoms with E-state index < -0.39 is 0 Å². The fourth-order valence-electron chi connectivity index (χ4n) is 9.15. The number of hydrogen-bond donors (Lipinski definition) is 0. The van der Waals surface area contributed by atoms with E-state index in [2.05, 4.69) is 208 Å². The van der Waals surface area contributed by atoms with Crippen LogP contribution in [-0.4, -0.2) is 9.97 Å². The van der Waals surface area contributed by atoms with Crippen molar-refractivity contribution in [1.82, 2.24) is 9.97 Å². The molecule has 0 aliphatic heterocycles. The number of benzene rings is 9. The van der Waals surface area contributed by atoms with E-state index in [0.717, 1.165) is 33.6 Å². The normalized spacial score (nSPS) is 12.9. The highest BCUT2D eigenvalue weighted by molar-refractivity contribution is 6.25. The van der Waals surface area contributed by atoms with Crippen LogP contribution in [0, 0.1) is 0 Å². The molecule has 1 aliphatic carbocycles. The lowest BCUT2D eigenvalue weighted by Crippen LogP contribution is -2.14.